The molecule has 4 heteroatoms. The van der Waals surface area contributed by atoms with Crippen molar-refractivity contribution in [3.05, 3.63) is 29.8 Å². The van der Waals surface area contributed by atoms with Crippen LogP contribution in [0.4, 0.5) is 0 Å². The van der Waals surface area contributed by atoms with E-state index in [9.17, 15) is 0 Å². The number of nitrogens with one attached hydrogen (secondary N) is 1. The molecule has 0 spiro atoms. The van der Waals surface area contributed by atoms with Crippen LogP contribution >= 0.6 is 0 Å². The molecule has 20 heavy (non-hydrogen) atoms. The number of rotatable bonds is 10. The minimum Gasteiger partial charge on any atom is -0.494 e. The smallest absolute Gasteiger partial charge is 0.124 e. The third-order valence-electron chi connectivity index (χ3n) is 3.33. The van der Waals surface area contributed by atoms with E-state index < -0.39 is 0 Å². The standard InChI is InChI=1S/C16H28N2O2/c1-5-20-16-10-7-6-9-14(16)15(17-2)13-18(3)11-8-12-19-4/h6-7,9-10,15,17H,5,8,11-13H2,1-4H3. The Balaban J connectivity index is 2.65. The summed E-state index contributed by atoms with van der Waals surface area (Å²) in [6.07, 6.45) is 1.05. The van der Waals surface area contributed by atoms with E-state index in [0.717, 1.165) is 31.9 Å². The van der Waals surface area contributed by atoms with Gasteiger partial charge in [0.1, 0.15) is 5.75 Å². The van der Waals surface area contributed by atoms with E-state index in [4.69, 9.17) is 9.47 Å². The van der Waals surface area contributed by atoms with Gasteiger partial charge in [-0.3, -0.25) is 0 Å². The Hall–Kier alpha value is -1.10. The van der Waals surface area contributed by atoms with Gasteiger partial charge in [0.2, 0.25) is 0 Å². The number of hydrogen-bond donors (Lipinski definition) is 1. The van der Waals surface area contributed by atoms with Gasteiger partial charge in [0.15, 0.2) is 0 Å². The van der Waals surface area contributed by atoms with Crippen molar-refractivity contribution in [2.75, 3.05) is 47.5 Å². The Bertz CT molecular complexity index is 371. The van der Waals surface area contributed by atoms with Gasteiger partial charge in [-0.15, -0.1) is 0 Å². The Morgan fingerprint density at radius 3 is 2.70 bits per heavy atom. The lowest BCUT2D eigenvalue weighted by Crippen LogP contribution is -2.32. The van der Waals surface area contributed by atoms with E-state index in [2.05, 4.69) is 29.4 Å². The highest BCUT2D eigenvalue weighted by Crippen LogP contribution is 2.25. The highest BCUT2D eigenvalue weighted by molar-refractivity contribution is 5.36. The lowest BCUT2D eigenvalue weighted by Gasteiger charge is -2.25. The lowest BCUT2D eigenvalue weighted by atomic mass is 10.1. The van der Waals surface area contributed by atoms with E-state index in [1.165, 1.54) is 5.56 Å². The monoisotopic (exact) mass is 280 g/mol. The molecule has 0 bridgehead atoms. The zero-order valence-electron chi connectivity index (χ0n) is 13.2. The molecule has 1 unspecified atom stereocenters. The predicted molar refractivity (Wildman–Crippen MR) is 83.4 cm³/mol. The summed E-state index contributed by atoms with van der Waals surface area (Å²) in [5, 5.41) is 3.39. The van der Waals surface area contributed by atoms with E-state index in [1.807, 2.05) is 26.1 Å². The number of hydrogen-bond acceptors (Lipinski definition) is 4. The van der Waals surface area contributed by atoms with Crippen LogP contribution in [0, 0.1) is 0 Å². The van der Waals surface area contributed by atoms with Crippen LogP contribution in [0.3, 0.4) is 0 Å². The average Bonchev–Trinajstić information content (AvgIpc) is 2.46. The van der Waals surface area contributed by atoms with E-state index in [1.54, 1.807) is 7.11 Å². The van der Waals surface area contributed by atoms with Gasteiger partial charge in [-0.05, 0) is 33.5 Å². The number of methoxy groups -OCH3 is 1. The van der Waals surface area contributed by atoms with Crippen LogP contribution in [-0.2, 0) is 4.74 Å². The minimum absolute atomic E-state index is 0.269. The molecule has 1 aromatic rings. The largest absolute Gasteiger partial charge is 0.494 e. The van der Waals surface area contributed by atoms with Gasteiger partial charge < -0.3 is 19.7 Å². The maximum absolute atomic E-state index is 5.72. The number of nitrogens with zero attached hydrogens (tertiary/aromatic N) is 1. The molecule has 114 valence electrons. The molecule has 1 rings (SSSR count). The fourth-order valence-corrected chi connectivity index (χ4v) is 2.28. The van der Waals surface area contributed by atoms with E-state index >= 15 is 0 Å². The number of likely N-dealkylation sites (N-methyl/N-ethyl adjacent to an activating group) is 2. The van der Waals surface area contributed by atoms with Gasteiger partial charge in [-0.2, -0.15) is 0 Å². The highest BCUT2D eigenvalue weighted by Gasteiger charge is 2.16. The fourth-order valence-electron chi connectivity index (χ4n) is 2.28. The van der Waals surface area contributed by atoms with Crippen molar-refractivity contribution < 1.29 is 9.47 Å². The molecule has 1 N–H and O–H groups in total. The molecule has 0 saturated heterocycles. The molecule has 0 aromatic heterocycles. The first kappa shape index (κ1) is 17.0. The minimum atomic E-state index is 0.269. The molecule has 0 fully saturated rings. The van der Waals surface area contributed by atoms with Gasteiger partial charge in [-0.1, -0.05) is 18.2 Å². The Labute approximate surface area is 123 Å². The summed E-state index contributed by atoms with van der Waals surface area (Å²) in [4.78, 5) is 2.32. The van der Waals surface area contributed by atoms with Gasteiger partial charge >= 0.3 is 0 Å². The van der Waals surface area contributed by atoms with Gasteiger partial charge in [0, 0.05) is 38.4 Å². The number of ether oxygens (including phenoxy) is 2. The molecule has 4 nitrogen and oxygen atoms in total. The SMILES string of the molecule is CCOc1ccccc1C(CN(C)CCCOC)NC. The summed E-state index contributed by atoms with van der Waals surface area (Å²) in [6, 6.07) is 8.52. The summed E-state index contributed by atoms with van der Waals surface area (Å²) in [7, 11) is 5.88. The summed E-state index contributed by atoms with van der Waals surface area (Å²) in [5.74, 6) is 0.972. The zero-order chi connectivity index (χ0) is 14.8. The van der Waals surface area contributed by atoms with Crippen LogP contribution in [0.2, 0.25) is 0 Å². The second-order valence-corrected chi connectivity index (χ2v) is 4.92. The second-order valence-electron chi connectivity index (χ2n) is 4.92. The summed E-state index contributed by atoms with van der Waals surface area (Å²) in [6.45, 7) is 5.50. The van der Waals surface area contributed by atoms with Crippen molar-refractivity contribution in [3.63, 3.8) is 0 Å². The first-order valence-electron chi connectivity index (χ1n) is 7.29. The first-order valence-corrected chi connectivity index (χ1v) is 7.29. The molecule has 1 atom stereocenters. The normalized spacial score (nSPS) is 12.7. The molecule has 0 aliphatic heterocycles. The van der Waals surface area contributed by atoms with Crippen molar-refractivity contribution in [3.8, 4) is 5.75 Å². The molecule has 0 aliphatic carbocycles. The summed E-state index contributed by atoms with van der Waals surface area (Å²) in [5.41, 5.74) is 1.22. The number of benzene rings is 1. The van der Waals surface area contributed by atoms with Crippen LogP contribution in [-0.4, -0.2) is 52.4 Å². The molecule has 0 amide bonds. The molecular weight excluding hydrogens is 252 g/mol. The topological polar surface area (TPSA) is 33.7 Å². The molecule has 0 saturated carbocycles. The van der Waals surface area contributed by atoms with Crippen LogP contribution in [0.15, 0.2) is 24.3 Å². The van der Waals surface area contributed by atoms with Crippen molar-refractivity contribution in [2.24, 2.45) is 0 Å². The van der Waals surface area contributed by atoms with Gasteiger partial charge in [-0.25, -0.2) is 0 Å². The van der Waals surface area contributed by atoms with E-state index in [0.29, 0.717) is 6.61 Å². The lowest BCUT2D eigenvalue weighted by molar-refractivity contribution is 0.176. The van der Waals surface area contributed by atoms with Crippen molar-refractivity contribution in [2.45, 2.75) is 19.4 Å². The maximum atomic E-state index is 5.72. The molecule has 0 radical (unpaired) electrons. The van der Waals surface area contributed by atoms with Gasteiger partial charge in [0.05, 0.1) is 6.61 Å². The highest BCUT2D eigenvalue weighted by atomic mass is 16.5. The van der Waals surface area contributed by atoms with E-state index in [-0.39, 0.29) is 6.04 Å². The van der Waals surface area contributed by atoms with Crippen LogP contribution in [0.5, 0.6) is 5.75 Å². The Kier molecular flexibility index (Phi) is 8.26. The molecule has 0 aliphatic rings. The van der Waals surface area contributed by atoms with Crippen molar-refractivity contribution >= 4 is 0 Å². The van der Waals surface area contributed by atoms with Crippen LogP contribution in [0.1, 0.15) is 24.9 Å². The Morgan fingerprint density at radius 2 is 2.05 bits per heavy atom. The molecule has 1 aromatic carbocycles. The van der Waals surface area contributed by atoms with Gasteiger partial charge in [0.25, 0.3) is 0 Å². The fraction of sp³-hybridized carbons (Fsp3) is 0.625. The zero-order valence-corrected chi connectivity index (χ0v) is 13.2. The third kappa shape index (κ3) is 5.49. The summed E-state index contributed by atoms with van der Waals surface area (Å²) < 4.78 is 10.8. The second kappa shape index (κ2) is 9.75. The number of para-hydroxylation sites is 1. The van der Waals surface area contributed by atoms with Crippen LogP contribution in [0.25, 0.3) is 0 Å². The maximum Gasteiger partial charge on any atom is 0.124 e. The predicted octanol–water partition coefficient (Wildman–Crippen LogP) is 2.31. The third-order valence-corrected chi connectivity index (χ3v) is 3.33. The first-order chi connectivity index (χ1) is 9.72. The molecular formula is C16H28N2O2. The van der Waals surface area contributed by atoms with Crippen molar-refractivity contribution in [1.29, 1.82) is 0 Å². The average molecular weight is 280 g/mol. The summed E-state index contributed by atoms with van der Waals surface area (Å²) >= 11 is 0. The van der Waals surface area contributed by atoms with Crippen molar-refractivity contribution in [1.82, 2.24) is 10.2 Å². The van der Waals surface area contributed by atoms with Crippen LogP contribution < -0.4 is 10.1 Å². The molecule has 0 heterocycles. The quantitative estimate of drug-likeness (QED) is 0.667. The Morgan fingerprint density at radius 1 is 1.30 bits per heavy atom.